The van der Waals surface area contributed by atoms with Crippen molar-refractivity contribution in [3.63, 3.8) is 0 Å². The molecule has 3 heteroatoms. The van der Waals surface area contributed by atoms with Gasteiger partial charge in [0.05, 0.1) is 11.6 Å². The van der Waals surface area contributed by atoms with E-state index in [2.05, 4.69) is 17.5 Å². The van der Waals surface area contributed by atoms with Crippen molar-refractivity contribution in [2.75, 3.05) is 6.54 Å². The molecule has 0 aliphatic heterocycles. The smallest absolute Gasteiger partial charge is 0.123 e. The van der Waals surface area contributed by atoms with Crippen molar-refractivity contribution < 1.29 is 4.39 Å². The lowest BCUT2D eigenvalue weighted by atomic mass is 10.1. The summed E-state index contributed by atoms with van der Waals surface area (Å²) >= 11 is 0. The fourth-order valence-electron chi connectivity index (χ4n) is 1.39. The van der Waals surface area contributed by atoms with Crippen molar-refractivity contribution in [2.24, 2.45) is 0 Å². The summed E-state index contributed by atoms with van der Waals surface area (Å²) in [4.78, 5) is 0. The predicted octanol–water partition coefficient (Wildman–Crippen LogP) is 2.75. The number of halogens is 1. The van der Waals surface area contributed by atoms with E-state index in [-0.39, 0.29) is 5.82 Å². The lowest BCUT2D eigenvalue weighted by molar-refractivity contribution is 0.620. The van der Waals surface area contributed by atoms with Gasteiger partial charge in [-0.1, -0.05) is 12.2 Å². The summed E-state index contributed by atoms with van der Waals surface area (Å²) in [5, 5.41) is 12.0. The third-order valence-corrected chi connectivity index (χ3v) is 2.23. The van der Waals surface area contributed by atoms with Crippen LogP contribution in [0.25, 0.3) is 0 Å². The van der Waals surface area contributed by atoms with Crippen molar-refractivity contribution in [2.45, 2.75) is 19.9 Å². The average molecular weight is 218 g/mol. The molecule has 0 saturated carbocycles. The lowest BCUT2D eigenvalue weighted by Gasteiger charge is -2.05. The number of hydrogen-bond acceptors (Lipinski definition) is 2. The normalized spacial score (nSPS) is 10.6. The highest BCUT2D eigenvalue weighted by molar-refractivity contribution is 5.37. The molecule has 1 rings (SSSR count). The topological polar surface area (TPSA) is 35.8 Å². The van der Waals surface area contributed by atoms with Gasteiger partial charge in [-0.3, -0.25) is 0 Å². The first-order chi connectivity index (χ1) is 7.77. The Kier molecular flexibility index (Phi) is 5.24. The van der Waals surface area contributed by atoms with Crippen LogP contribution in [-0.4, -0.2) is 6.54 Å². The van der Waals surface area contributed by atoms with Crippen LogP contribution in [0.1, 0.15) is 24.5 Å². The first-order valence-corrected chi connectivity index (χ1v) is 5.28. The van der Waals surface area contributed by atoms with Crippen LogP contribution in [0.4, 0.5) is 4.39 Å². The van der Waals surface area contributed by atoms with Gasteiger partial charge >= 0.3 is 0 Å². The predicted molar refractivity (Wildman–Crippen MR) is 62.3 cm³/mol. The molecule has 16 heavy (non-hydrogen) atoms. The second-order valence-electron chi connectivity index (χ2n) is 3.45. The number of allylic oxidation sites excluding steroid dienone is 1. The molecule has 1 aromatic rings. The number of hydrogen-bond donors (Lipinski definition) is 1. The van der Waals surface area contributed by atoms with E-state index in [1.807, 2.05) is 13.0 Å². The number of benzene rings is 1. The maximum atomic E-state index is 13.0. The zero-order valence-electron chi connectivity index (χ0n) is 9.33. The molecule has 1 N–H and O–H groups in total. The lowest BCUT2D eigenvalue weighted by Crippen LogP contribution is -2.15. The van der Waals surface area contributed by atoms with Crippen LogP contribution >= 0.6 is 0 Å². The van der Waals surface area contributed by atoms with Crippen LogP contribution in [-0.2, 0) is 6.54 Å². The van der Waals surface area contributed by atoms with Gasteiger partial charge in [-0.2, -0.15) is 5.26 Å². The van der Waals surface area contributed by atoms with Crippen LogP contribution in [0.15, 0.2) is 30.4 Å². The maximum absolute atomic E-state index is 13.0. The van der Waals surface area contributed by atoms with E-state index in [9.17, 15) is 4.39 Å². The zero-order chi connectivity index (χ0) is 11.8. The second-order valence-corrected chi connectivity index (χ2v) is 3.45. The summed E-state index contributed by atoms with van der Waals surface area (Å²) in [6.07, 6.45) is 4.99. The van der Waals surface area contributed by atoms with Gasteiger partial charge in [0.1, 0.15) is 5.82 Å². The Morgan fingerprint density at radius 3 is 3.00 bits per heavy atom. The van der Waals surface area contributed by atoms with E-state index in [1.165, 1.54) is 18.2 Å². The van der Waals surface area contributed by atoms with Crippen LogP contribution in [0.2, 0.25) is 0 Å². The number of nitrogens with zero attached hydrogens (tertiary/aromatic N) is 1. The van der Waals surface area contributed by atoms with Crippen molar-refractivity contribution in [3.05, 3.63) is 47.3 Å². The Labute approximate surface area is 95.4 Å². The standard InChI is InChI=1S/C13H15FN2/c1-2-3-4-7-16-10-12-8-13(14)6-5-11(12)9-15/h2-3,5-6,8,16H,4,7,10H2,1H3/b3-2+. The third kappa shape index (κ3) is 3.84. The van der Waals surface area contributed by atoms with Crippen molar-refractivity contribution >= 4 is 0 Å². The summed E-state index contributed by atoms with van der Waals surface area (Å²) < 4.78 is 13.0. The molecule has 0 aliphatic rings. The van der Waals surface area contributed by atoms with E-state index in [1.54, 1.807) is 0 Å². The zero-order valence-corrected chi connectivity index (χ0v) is 9.33. The molecule has 2 nitrogen and oxygen atoms in total. The molecule has 0 saturated heterocycles. The molecule has 0 spiro atoms. The highest BCUT2D eigenvalue weighted by Gasteiger charge is 2.02. The molecular weight excluding hydrogens is 203 g/mol. The van der Waals surface area contributed by atoms with Gasteiger partial charge in [-0.05, 0) is 43.7 Å². The van der Waals surface area contributed by atoms with Crippen molar-refractivity contribution in [1.82, 2.24) is 5.32 Å². The quantitative estimate of drug-likeness (QED) is 0.609. The maximum Gasteiger partial charge on any atom is 0.123 e. The van der Waals surface area contributed by atoms with Gasteiger partial charge < -0.3 is 5.32 Å². The van der Waals surface area contributed by atoms with Crippen molar-refractivity contribution in [3.8, 4) is 6.07 Å². The minimum Gasteiger partial charge on any atom is -0.312 e. The Bertz CT molecular complexity index is 405. The van der Waals surface area contributed by atoms with E-state index < -0.39 is 0 Å². The van der Waals surface area contributed by atoms with Gasteiger partial charge in [-0.25, -0.2) is 4.39 Å². The summed E-state index contributed by atoms with van der Waals surface area (Å²) in [6.45, 7) is 3.32. The summed E-state index contributed by atoms with van der Waals surface area (Å²) in [5.41, 5.74) is 1.24. The van der Waals surface area contributed by atoms with Gasteiger partial charge in [0.25, 0.3) is 0 Å². The highest BCUT2D eigenvalue weighted by Crippen LogP contribution is 2.09. The van der Waals surface area contributed by atoms with E-state index in [0.717, 1.165) is 13.0 Å². The van der Waals surface area contributed by atoms with Gasteiger partial charge in [0, 0.05) is 6.54 Å². The van der Waals surface area contributed by atoms with Crippen LogP contribution in [0.5, 0.6) is 0 Å². The number of rotatable bonds is 5. The molecule has 0 radical (unpaired) electrons. The Balaban J connectivity index is 2.53. The fraction of sp³-hybridized carbons (Fsp3) is 0.308. The van der Waals surface area contributed by atoms with Crippen LogP contribution in [0.3, 0.4) is 0 Å². The summed E-state index contributed by atoms with van der Waals surface area (Å²) in [6, 6.07) is 6.28. The van der Waals surface area contributed by atoms with Gasteiger partial charge in [-0.15, -0.1) is 0 Å². The number of nitrogens with one attached hydrogen (secondary N) is 1. The molecule has 0 aliphatic carbocycles. The van der Waals surface area contributed by atoms with Gasteiger partial charge in [0.2, 0.25) is 0 Å². The van der Waals surface area contributed by atoms with Gasteiger partial charge in [0.15, 0.2) is 0 Å². The van der Waals surface area contributed by atoms with Crippen LogP contribution in [0, 0.1) is 17.1 Å². The first-order valence-electron chi connectivity index (χ1n) is 5.28. The average Bonchev–Trinajstić information content (AvgIpc) is 2.29. The molecule has 0 fully saturated rings. The number of nitriles is 1. The molecule has 0 atom stereocenters. The SMILES string of the molecule is C/C=C/CCNCc1cc(F)ccc1C#N. The molecule has 1 aromatic carbocycles. The van der Waals surface area contributed by atoms with E-state index in [0.29, 0.717) is 17.7 Å². The third-order valence-electron chi connectivity index (χ3n) is 2.23. The summed E-state index contributed by atoms with van der Waals surface area (Å²) in [7, 11) is 0. The van der Waals surface area contributed by atoms with E-state index >= 15 is 0 Å². The molecular formula is C13H15FN2. The highest BCUT2D eigenvalue weighted by atomic mass is 19.1. The first kappa shape index (κ1) is 12.4. The Morgan fingerprint density at radius 2 is 2.31 bits per heavy atom. The molecule has 0 bridgehead atoms. The minimum atomic E-state index is -0.302. The van der Waals surface area contributed by atoms with Crippen LogP contribution < -0.4 is 5.32 Å². The molecule has 0 heterocycles. The second kappa shape index (κ2) is 6.76. The fourth-order valence-corrected chi connectivity index (χ4v) is 1.39. The minimum absolute atomic E-state index is 0.302. The molecule has 84 valence electrons. The largest absolute Gasteiger partial charge is 0.312 e. The Morgan fingerprint density at radius 1 is 1.50 bits per heavy atom. The Hall–Kier alpha value is -1.66. The molecule has 0 aromatic heterocycles. The monoisotopic (exact) mass is 218 g/mol. The molecule has 0 amide bonds. The summed E-state index contributed by atoms with van der Waals surface area (Å²) in [5.74, 6) is -0.302. The van der Waals surface area contributed by atoms with E-state index in [4.69, 9.17) is 5.26 Å². The molecule has 0 unspecified atom stereocenters. The van der Waals surface area contributed by atoms with Crippen molar-refractivity contribution in [1.29, 1.82) is 5.26 Å².